The first-order valence-electron chi connectivity index (χ1n) is 7.73. The molecule has 7 heteroatoms. The molecule has 1 aliphatic heterocycles. The van der Waals surface area contributed by atoms with Crippen LogP contribution < -0.4 is 10.1 Å². The van der Waals surface area contributed by atoms with E-state index in [-0.39, 0.29) is 17.8 Å². The Kier molecular flexibility index (Phi) is 5.08. The van der Waals surface area contributed by atoms with E-state index in [4.69, 9.17) is 9.26 Å². The monoisotopic (exact) mass is 350 g/mol. The summed E-state index contributed by atoms with van der Waals surface area (Å²) in [5, 5.41) is 6.87. The maximum atomic E-state index is 13.2. The van der Waals surface area contributed by atoms with Gasteiger partial charge in [0.15, 0.2) is 0 Å². The van der Waals surface area contributed by atoms with Crippen molar-refractivity contribution in [3.63, 3.8) is 0 Å². The van der Waals surface area contributed by atoms with Gasteiger partial charge in [0.2, 0.25) is 5.91 Å². The summed E-state index contributed by atoms with van der Waals surface area (Å²) in [6, 6.07) is 4.41. The Morgan fingerprint density at radius 1 is 1.46 bits per heavy atom. The van der Waals surface area contributed by atoms with E-state index in [1.807, 2.05) is 13.8 Å². The molecule has 1 amide bonds. The highest BCUT2D eigenvalue weighted by molar-refractivity contribution is 7.99. The Bertz CT molecular complexity index is 728. The van der Waals surface area contributed by atoms with E-state index < -0.39 is 0 Å². The highest BCUT2D eigenvalue weighted by Gasteiger charge is 2.22. The fourth-order valence-electron chi connectivity index (χ4n) is 2.66. The number of nitrogens with one attached hydrogen (secondary N) is 1. The van der Waals surface area contributed by atoms with Crippen LogP contribution in [0, 0.1) is 19.7 Å². The molecule has 1 aromatic carbocycles. The van der Waals surface area contributed by atoms with E-state index in [0.717, 1.165) is 22.6 Å². The molecule has 1 unspecified atom stereocenters. The summed E-state index contributed by atoms with van der Waals surface area (Å²) in [4.78, 5) is 12.1. The topological polar surface area (TPSA) is 64.4 Å². The van der Waals surface area contributed by atoms with Gasteiger partial charge < -0.3 is 14.6 Å². The number of ether oxygens (including phenoxy) is 1. The van der Waals surface area contributed by atoms with Crippen LogP contribution in [0.2, 0.25) is 0 Å². The van der Waals surface area contributed by atoms with Gasteiger partial charge in [0, 0.05) is 17.4 Å². The number of carbonyl (C=O) groups is 1. The number of carbonyl (C=O) groups excluding carboxylic acids is 1. The van der Waals surface area contributed by atoms with Gasteiger partial charge in [0.05, 0.1) is 17.5 Å². The number of aryl methyl sites for hydroxylation is 2. The lowest BCUT2D eigenvalue weighted by molar-refractivity contribution is -0.119. The van der Waals surface area contributed by atoms with E-state index in [0.29, 0.717) is 30.3 Å². The van der Waals surface area contributed by atoms with Gasteiger partial charge in [-0.25, -0.2) is 4.39 Å². The number of hydrogen-bond acceptors (Lipinski definition) is 5. The van der Waals surface area contributed by atoms with Crippen LogP contribution in [-0.4, -0.2) is 29.5 Å². The summed E-state index contributed by atoms with van der Waals surface area (Å²) < 4.78 is 23.8. The molecule has 0 spiro atoms. The minimum Gasteiger partial charge on any atom is -0.491 e. The van der Waals surface area contributed by atoms with Gasteiger partial charge in [-0.3, -0.25) is 4.79 Å². The highest BCUT2D eigenvalue weighted by atomic mass is 32.2. The number of aromatic nitrogens is 1. The standard InChI is InChI=1S/C17H19FN2O3S/c1-10-15(11(2)23-20-10)8-24-9-17(21)19-14-5-12-3-4-13(18)6-16(12)22-7-14/h3-4,6,14H,5,7-9H2,1-2H3,(H,19,21). The van der Waals surface area contributed by atoms with E-state index in [2.05, 4.69) is 10.5 Å². The molecule has 1 atom stereocenters. The zero-order chi connectivity index (χ0) is 17.1. The second-order valence-corrected chi connectivity index (χ2v) is 6.81. The molecule has 0 saturated carbocycles. The molecule has 0 fully saturated rings. The van der Waals surface area contributed by atoms with E-state index in [9.17, 15) is 9.18 Å². The van der Waals surface area contributed by atoms with Crippen molar-refractivity contribution in [2.24, 2.45) is 0 Å². The van der Waals surface area contributed by atoms with Gasteiger partial charge in [0.1, 0.15) is 23.9 Å². The average Bonchev–Trinajstić information content (AvgIpc) is 2.87. The van der Waals surface area contributed by atoms with Crippen molar-refractivity contribution in [2.45, 2.75) is 32.1 Å². The average molecular weight is 350 g/mol. The van der Waals surface area contributed by atoms with Gasteiger partial charge in [-0.1, -0.05) is 11.2 Å². The molecule has 0 bridgehead atoms. The number of fused-ring (bicyclic) bond motifs is 1. The Morgan fingerprint density at radius 2 is 2.29 bits per heavy atom. The predicted molar refractivity (Wildman–Crippen MR) is 89.7 cm³/mol. The number of thioether (sulfide) groups is 1. The molecule has 2 aromatic rings. The van der Waals surface area contributed by atoms with Crippen molar-refractivity contribution < 1.29 is 18.4 Å². The summed E-state index contributed by atoms with van der Waals surface area (Å²) >= 11 is 1.52. The second kappa shape index (κ2) is 7.25. The maximum Gasteiger partial charge on any atom is 0.230 e. The number of amides is 1. The Hall–Kier alpha value is -2.02. The van der Waals surface area contributed by atoms with Crippen LogP contribution in [0.1, 0.15) is 22.6 Å². The number of rotatable bonds is 5. The van der Waals surface area contributed by atoms with Crippen molar-refractivity contribution in [3.05, 3.63) is 46.6 Å². The van der Waals surface area contributed by atoms with Crippen LogP contribution >= 0.6 is 11.8 Å². The molecule has 1 aromatic heterocycles. The summed E-state index contributed by atoms with van der Waals surface area (Å²) in [5.41, 5.74) is 2.83. The largest absolute Gasteiger partial charge is 0.491 e. The first-order chi connectivity index (χ1) is 11.5. The molecule has 1 N–H and O–H groups in total. The Balaban J connectivity index is 1.47. The zero-order valence-corrected chi connectivity index (χ0v) is 14.4. The third-order valence-corrected chi connectivity index (χ3v) is 4.92. The molecule has 128 valence electrons. The molecule has 24 heavy (non-hydrogen) atoms. The highest BCUT2D eigenvalue weighted by Crippen LogP contribution is 2.25. The molecule has 0 saturated heterocycles. The first kappa shape index (κ1) is 16.8. The number of nitrogens with zero attached hydrogens (tertiary/aromatic N) is 1. The molecular formula is C17H19FN2O3S. The van der Waals surface area contributed by atoms with Crippen LogP contribution in [0.15, 0.2) is 22.7 Å². The molecule has 1 aliphatic rings. The minimum absolute atomic E-state index is 0.0362. The smallest absolute Gasteiger partial charge is 0.230 e. The number of benzene rings is 1. The lowest BCUT2D eigenvalue weighted by Gasteiger charge is -2.26. The van der Waals surface area contributed by atoms with E-state index in [1.54, 1.807) is 6.07 Å². The molecule has 0 aliphatic carbocycles. The lowest BCUT2D eigenvalue weighted by atomic mass is 10.0. The summed E-state index contributed by atoms with van der Waals surface area (Å²) in [7, 11) is 0. The lowest BCUT2D eigenvalue weighted by Crippen LogP contribution is -2.43. The maximum absolute atomic E-state index is 13.2. The molecule has 3 rings (SSSR count). The molecule has 5 nitrogen and oxygen atoms in total. The molecular weight excluding hydrogens is 331 g/mol. The zero-order valence-electron chi connectivity index (χ0n) is 13.6. The second-order valence-electron chi connectivity index (χ2n) is 5.83. The fourth-order valence-corrected chi connectivity index (χ4v) is 3.65. The van der Waals surface area contributed by atoms with Crippen LogP contribution in [0.5, 0.6) is 5.75 Å². The van der Waals surface area contributed by atoms with E-state index >= 15 is 0 Å². The summed E-state index contributed by atoms with van der Waals surface area (Å²) in [6.45, 7) is 4.12. The minimum atomic E-state index is -0.313. The third kappa shape index (κ3) is 3.90. The first-order valence-corrected chi connectivity index (χ1v) is 8.88. The van der Waals surface area contributed by atoms with Crippen LogP contribution in [0.25, 0.3) is 0 Å². The quantitative estimate of drug-likeness (QED) is 0.898. The van der Waals surface area contributed by atoms with Crippen LogP contribution in [-0.2, 0) is 17.0 Å². The fraction of sp³-hybridized carbons (Fsp3) is 0.412. The van der Waals surface area contributed by atoms with Crippen molar-refractivity contribution in [2.75, 3.05) is 12.4 Å². The van der Waals surface area contributed by atoms with E-state index in [1.165, 1.54) is 23.9 Å². The van der Waals surface area contributed by atoms with Crippen LogP contribution in [0.4, 0.5) is 4.39 Å². The Labute approximate surface area is 143 Å². The van der Waals surface area contributed by atoms with Crippen molar-refractivity contribution in [1.29, 1.82) is 0 Å². The molecule has 2 heterocycles. The summed E-state index contributed by atoms with van der Waals surface area (Å²) in [6.07, 6.45) is 0.649. The van der Waals surface area contributed by atoms with Gasteiger partial charge in [-0.15, -0.1) is 11.8 Å². The van der Waals surface area contributed by atoms with Crippen molar-refractivity contribution in [3.8, 4) is 5.75 Å². The van der Waals surface area contributed by atoms with Gasteiger partial charge in [-0.05, 0) is 31.9 Å². The van der Waals surface area contributed by atoms with Crippen molar-refractivity contribution in [1.82, 2.24) is 10.5 Å². The SMILES string of the molecule is Cc1noc(C)c1CSCC(=O)NC1COc2cc(F)ccc2C1. The van der Waals surface area contributed by atoms with Gasteiger partial charge in [-0.2, -0.15) is 0 Å². The van der Waals surface area contributed by atoms with Gasteiger partial charge in [0.25, 0.3) is 0 Å². The predicted octanol–water partition coefficient (Wildman–Crippen LogP) is 2.78. The number of halogens is 1. The number of hydrogen-bond donors (Lipinski definition) is 1. The normalized spacial score (nSPS) is 16.4. The summed E-state index contributed by atoms with van der Waals surface area (Å²) in [5.74, 6) is 2.06. The van der Waals surface area contributed by atoms with Crippen LogP contribution in [0.3, 0.4) is 0 Å². The van der Waals surface area contributed by atoms with Gasteiger partial charge >= 0.3 is 0 Å². The van der Waals surface area contributed by atoms with Crippen molar-refractivity contribution >= 4 is 17.7 Å². The Morgan fingerprint density at radius 3 is 3.04 bits per heavy atom. The third-order valence-electron chi connectivity index (χ3n) is 3.96. The molecule has 0 radical (unpaired) electrons.